The van der Waals surface area contributed by atoms with E-state index in [9.17, 15) is 18.7 Å². The van der Waals surface area contributed by atoms with E-state index in [1.54, 1.807) is 24.3 Å². The molecule has 7 nitrogen and oxygen atoms in total. The fourth-order valence-corrected chi connectivity index (χ4v) is 4.30. The van der Waals surface area contributed by atoms with Gasteiger partial charge in [0.15, 0.2) is 5.82 Å². The number of nitrogens with one attached hydrogen (secondary N) is 1. The molecule has 1 aliphatic carbocycles. The second-order valence-electron chi connectivity index (χ2n) is 8.13. The van der Waals surface area contributed by atoms with Crippen LogP contribution < -0.4 is 5.32 Å². The van der Waals surface area contributed by atoms with Gasteiger partial charge in [0.05, 0.1) is 18.5 Å². The van der Waals surface area contributed by atoms with E-state index >= 15 is 0 Å². The number of hydrogen-bond donors (Lipinski definition) is 2. The average Bonchev–Trinajstić information content (AvgIpc) is 3.28. The van der Waals surface area contributed by atoms with E-state index in [1.165, 1.54) is 30.7 Å². The van der Waals surface area contributed by atoms with E-state index in [2.05, 4.69) is 20.8 Å². The number of halogens is 2. The van der Waals surface area contributed by atoms with Gasteiger partial charge in [-0.25, -0.2) is 13.5 Å². The number of aliphatic carboxylic acids is 1. The van der Waals surface area contributed by atoms with Crippen LogP contribution in [0.3, 0.4) is 0 Å². The molecule has 9 heteroatoms. The van der Waals surface area contributed by atoms with Crippen molar-refractivity contribution in [2.45, 2.75) is 56.7 Å². The molecular formula is C23H25F2N5O2. The molecule has 2 aromatic carbocycles. The Labute approximate surface area is 184 Å². The number of nitrogens with zero attached hydrogens (tertiary/aromatic N) is 4. The third-order valence-corrected chi connectivity index (χ3v) is 5.92. The Morgan fingerprint density at radius 1 is 1.00 bits per heavy atom. The van der Waals surface area contributed by atoms with Crippen LogP contribution in [0, 0.1) is 11.6 Å². The van der Waals surface area contributed by atoms with E-state index in [-0.39, 0.29) is 18.3 Å². The summed E-state index contributed by atoms with van der Waals surface area (Å²) in [5, 5.41) is 25.2. The highest BCUT2D eigenvalue weighted by atomic mass is 19.1. The second-order valence-corrected chi connectivity index (χ2v) is 8.13. The fraction of sp³-hybridized carbons (Fsp3) is 0.391. The first-order chi connectivity index (χ1) is 15.5. The summed E-state index contributed by atoms with van der Waals surface area (Å²) in [5.74, 6) is -1.24. The molecule has 1 aromatic heterocycles. The summed E-state index contributed by atoms with van der Waals surface area (Å²) in [6.45, 7) is 0. The molecule has 2 unspecified atom stereocenters. The number of benzene rings is 2. The number of carboxylic acid groups (broad SMARTS) is 1. The smallest absolute Gasteiger partial charge is 0.305 e. The van der Waals surface area contributed by atoms with Crippen LogP contribution in [0.2, 0.25) is 0 Å². The van der Waals surface area contributed by atoms with Gasteiger partial charge in [-0.05, 0) is 58.7 Å². The van der Waals surface area contributed by atoms with E-state index in [1.807, 2.05) is 4.68 Å². The number of carboxylic acids is 1. The Bertz CT molecular complexity index is 1030. The molecular weight excluding hydrogens is 416 g/mol. The van der Waals surface area contributed by atoms with Crippen molar-refractivity contribution < 1.29 is 18.7 Å². The van der Waals surface area contributed by atoms with Crippen LogP contribution in [-0.4, -0.2) is 31.3 Å². The third-order valence-electron chi connectivity index (χ3n) is 5.92. The maximum Gasteiger partial charge on any atom is 0.305 e. The highest BCUT2D eigenvalue weighted by molar-refractivity contribution is 5.68. The molecule has 2 N–H and O–H groups in total. The number of carbonyl (C=O) groups is 1. The Balaban J connectivity index is 1.72. The number of rotatable bonds is 8. The Morgan fingerprint density at radius 2 is 1.59 bits per heavy atom. The normalized spacial score (nSPS) is 16.6. The van der Waals surface area contributed by atoms with E-state index in [4.69, 9.17) is 0 Å². The largest absolute Gasteiger partial charge is 0.481 e. The molecule has 0 saturated heterocycles. The lowest BCUT2D eigenvalue weighted by atomic mass is 9.95. The summed E-state index contributed by atoms with van der Waals surface area (Å²) in [6, 6.07) is 10.6. The highest BCUT2D eigenvalue weighted by Crippen LogP contribution is 2.32. The Kier molecular flexibility index (Phi) is 6.84. The summed E-state index contributed by atoms with van der Waals surface area (Å²) in [7, 11) is 0. The molecule has 4 rings (SSSR count). The molecule has 168 valence electrons. The molecule has 1 saturated carbocycles. The van der Waals surface area contributed by atoms with Crippen LogP contribution in [0.1, 0.15) is 73.6 Å². The first-order valence-corrected chi connectivity index (χ1v) is 10.8. The van der Waals surface area contributed by atoms with Crippen molar-refractivity contribution in [2.75, 3.05) is 0 Å². The van der Waals surface area contributed by atoms with Crippen molar-refractivity contribution in [3.63, 3.8) is 0 Å². The summed E-state index contributed by atoms with van der Waals surface area (Å²) in [5.41, 5.74) is 1.33. The predicted molar refractivity (Wildman–Crippen MR) is 113 cm³/mol. The van der Waals surface area contributed by atoms with E-state index in [0.717, 1.165) is 25.7 Å². The van der Waals surface area contributed by atoms with Crippen molar-refractivity contribution in [3.8, 4) is 0 Å². The van der Waals surface area contributed by atoms with Gasteiger partial charge in [-0.15, -0.1) is 5.10 Å². The van der Waals surface area contributed by atoms with Crippen molar-refractivity contribution in [1.82, 2.24) is 25.5 Å². The standard InChI is InChI=1S/C23H25F2N5O2/c24-17-10-6-15(7-11-17)20(14-21(31)32)26-22(16-8-12-18(25)13-9-16)23-27-28-29-30(23)19-4-2-1-3-5-19/h6-13,19-20,22,26H,1-5,14H2,(H,31,32). The zero-order valence-electron chi connectivity index (χ0n) is 17.5. The van der Waals surface area contributed by atoms with Crippen LogP contribution >= 0.6 is 0 Å². The first-order valence-electron chi connectivity index (χ1n) is 10.8. The molecule has 1 aliphatic rings. The van der Waals surface area contributed by atoms with Crippen LogP contribution in [0.25, 0.3) is 0 Å². The van der Waals surface area contributed by atoms with Crippen molar-refractivity contribution >= 4 is 5.97 Å². The van der Waals surface area contributed by atoms with Crippen LogP contribution in [0.5, 0.6) is 0 Å². The SMILES string of the molecule is O=C(O)CC(NC(c1ccc(F)cc1)c1nnnn1C1CCCCC1)c1ccc(F)cc1. The highest BCUT2D eigenvalue weighted by Gasteiger charge is 2.29. The lowest BCUT2D eigenvalue weighted by Gasteiger charge is -2.28. The minimum atomic E-state index is -1.00. The zero-order valence-corrected chi connectivity index (χ0v) is 17.5. The molecule has 1 heterocycles. The van der Waals surface area contributed by atoms with Crippen LogP contribution in [0.15, 0.2) is 48.5 Å². The Hall–Kier alpha value is -3.20. The van der Waals surface area contributed by atoms with Gasteiger partial charge in [0.2, 0.25) is 0 Å². The van der Waals surface area contributed by atoms with Gasteiger partial charge >= 0.3 is 5.97 Å². The van der Waals surface area contributed by atoms with Gasteiger partial charge < -0.3 is 5.11 Å². The summed E-state index contributed by atoms with van der Waals surface area (Å²) in [4.78, 5) is 11.6. The molecule has 0 bridgehead atoms. The third kappa shape index (κ3) is 5.16. The lowest BCUT2D eigenvalue weighted by Crippen LogP contribution is -2.32. The molecule has 3 aromatic rings. The topological polar surface area (TPSA) is 92.9 Å². The molecule has 0 radical (unpaired) electrons. The molecule has 0 spiro atoms. The second kappa shape index (κ2) is 9.95. The van der Waals surface area contributed by atoms with Crippen molar-refractivity contribution in [1.29, 1.82) is 0 Å². The summed E-state index contributed by atoms with van der Waals surface area (Å²) >= 11 is 0. The molecule has 2 atom stereocenters. The predicted octanol–water partition coefficient (Wildman–Crippen LogP) is 4.35. The minimum Gasteiger partial charge on any atom is -0.481 e. The quantitative estimate of drug-likeness (QED) is 0.540. The van der Waals surface area contributed by atoms with Crippen LogP contribution in [-0.2, 0) is 4.79 Å². The molecule has 0 amide bonds. The summed E-state index contributed by atoms with van der Waals surface area (Å²) < 4.78 is 28.9. The molecule has 0 aliphatic heterocycles. The maximum atomic E-state index is 13.6. The van der Waals surface area contributed by atoms with E-state index in [0.29, 0.717) is 17.0 Å². The van der Waals surface area contributed by atoms with Gasteiger partial charge in [-0.3, -0.25) is 10.1 Å². The monoisotopic (exact) mass is 441 g/mol. The van der Waals surface area contributed by atoms with Gasteiger partial charge in [0.25, 0.3) is 0 Å². The van der Waals surface area contributed by atoms with E-state index < -0.39 is 23.9 Å². The van der Waals surface area contributed by atoms with Crippen LogP contribution in [0.4, 0.5) is 8.78 Å². The fourth-order valence-electron chi connectivity index (χ4n) is 4.30. The van der Waals surface area contributed by atoms with Gasteiger partial charge in [-0.1, -0.05) is 43.5 Å². The molecule has 32 heavy (non-hydrogen) atoms. The van der Waals surface area contributed by atoms with Gasteiger partial charge in [0.1, 0.15) is 11.6 Å². The van der Waals surface area contributed by atoms with Crippen molar-refractivity contribution in [3.05, 3.63) is 77.1 Å². The molecule has 1 fully saturated rings. The minimum absolute atomic E-state index is 0.155. The number of tetrazole rings is 1. The number of aromatic nitrogens is 4. The summed E-state index contributed by atoms with van der Waals surface area (Å²) in [6.07, 6.45) is 5.06. The Morgan fingerprint density at radius 3 is 2.19 bits per heavy atom. The average molecular weight is 441 g/mol. The van der Waals surface area contributed by atoms with Gasteiger partial charge in [0, 0.05) is 6.04 Å². The van der Waals surface area contributed by atoms with Crippen molar-refractivity contribution in [2.24, 2.45) is 0 Å². The number of hydrogen-bond acceptors (Lipinski definition) is 5. The first kappa shape index (κ1) is 22.0. The maximum absolute atomic E-state index is 13.6. The lowest BCUT2D eigenvalue weighted by molar-refractivity contribution is -0.137. The zero-order chi connectivity index (χ0) is 22.5. The van der Waals surface area contributed by atoms with Gasteiger partial charge in [-0.2, -0.15) is 0 Å².